The number of nitrogens with one attached hydrogen (secondary N) is 1. The van der Waals surface area contributed by atoms with Crippen molar-refractivity contribution < 1.29 is 9.21 Å². The summed E-state index contributed by atoms with van der Waals surface area (Å²) in [5.74, 6) is 0.149. The minimum Gasteiger partial charge on any atom is -0.443 e. The van der Waals surface area contributed by atoms with Crippen molar-refractivity contribution in [3.63, 3.8) is 0 Å². The van der Waals surface area contributed by atoms with Crippen LogP contribution in [0.5, 0.6) is 0 Å². The number of aryl methyl sites for hydroxylation is 1. The number of thiophene rings is 1. The first-order chi connectivity index (χ1) is 10.6. The molecule has 0 saturated carbocycles. The van der Waals surface area contributed by atoms with Crippen molar-refractivity contribution in [3.8, 4) is 10.8 Å². The molecule has 0 unspecified atom stereocenters. The number of carbonyl (C=O) groups is 1. The van der Waals surface area contributed by atoms with E-state index < -0.39 is 0 Å². The molecule has 0 fully saturated rings. The standard InChI is InChI=1S/C14H12N4O3S/c1-18-12(19)5-4-10(17-18)13(20)15-7-9-8-21-14(16-9)11-3-2-6-22-11/h2-6,8H,7H2,1H3,(H,15,20). The topological polar surface area (TPSA) is 90.0 Å². The minimum atomic E-state index is -0.378. The maximum atomic E-state index is 12.0. The molecule has 7 nitrogen and oxygen atoms in total. The summed E-state index contributed by atoms with van der Waals surface area (Å²) in [4.78, 5) is 28.4. The molecule has 0 aliphatic heterocycles. The van der Waals surface area contributed by atoms with E-state index in [2.05, 4.69) is 15.4 Å². The van der Waals surface area contributed by atoms with Gasteiger partial charge in [0.25, 0.3) is 11.5 Å². The Kier molecular flexibility index (Phi) is 3.84. The second kappa shape index (κ2) is 5.94. The number of nitrogens with zero attached hydrogens (tertiary/aromatic N) is 3. The minimum absolute atomic E-state index is 0.170. The number of aromatic nitrogens is 3. The van der Waals surface area contributed by atoms with Crippen LogP contribution in [0.2, 0.25) is 0 Å². The van der Waals surface area contributed by atoms with Crippen LogP contribution >= 0.6 is 11.3 Å². The van der Waals surface area contributed by atoms with Crippen LogP contribution in [0.1, 0.15) is 16.2 Å². The van der Waals surface area contributed by atoms with Crippen LogP contribution in [0.4, 0.5) is 0 Å². The maximum Gasteiger partial charge on any atom is 0.272 e. The van der Waals surface area contributed by atoms with Gasteiger partial charge < -0.3 is 9.73 Å². The molecule has 0 bridgehead atoms. The van der Waals surface area contributed by atoms with E-state index in [0.717, 1.165) is 9.56 Å². The highest BCUT2D eigenvalue weighted by Crippen LogP contribution is 2.23. The molecule has 112 valence electrons. The van der Waals surface area contributed by atoms with Crippen molar-refractivity contribution in [2.24, 2.45) is 7.05 Å². The first-order valence-corrected chi connectivity index (χ1v) is 7.32. The van der Waals surface area contributed by atoms with Crippen molar-refractivity contribution in [2.45, 2.75) is 6.54 Å². The third-order valence-electron chi connectivity index (χ3n) is 2.91. The molecule has 0 aliphatic carbocycles. The quantitative estimate of drug-likeness (QED) is 0.786. The van der Waals surface area contributed by atoms with Crippen LogP contribution in [0, 0.1) is 0 Å². The van der Waals surface area contributed by atoms with Gasteiger partial charge in [0.1, 0.15) is 12.0 Å². The molecule has 8 heteroatoms. The maximum absolute atomic E-state index is 12.0. The van der Waals surface area contributed by atoms with E-state index in [1.807, 2.05) is 17.5 Å². The fourth-order valence-electron chi connectivity index (χ4n) is 1.79. The molecular formula is C14H12N4O3S. The van der Waals surface area contributed by atoms with Gasteiger partial charge in [-0.3, -0.25) is 9.59 Å². The summed E-state index contributed by atoms with van der Waals surface area (Å²) in [6.45, 7) is 0.220. The number of hydrogen-bond donors (Lipinski definition) is 1. The second-order valence-corrected chi connectivity index (χ2v) is 5.43. The SMILES string of the molecule is Cn1nc(C(=O)NCc2coc(-c3cccs3)n2)ccc1=O. The lowest BCUT2D eigenvalue weighted by Gasteiger charge is -2.03. The van der Waals surface area contributed by atoms with Crippen LogP contribution < -0.4 is 10.9 Å². The zero-order valence-corrected chi connectivity index (χ0v) is 12.5. The van der Waals surface area contributed by atoms with E-state index in [1.165, 1.54) is 36.8 Å². The van der Waals surface area contributed by atoms with Crippen molar-refractivity contribution in [1.29, 1.82) is 0 Å². The zero-order valence-electron chi connectivity index (χ0n) is 11.6. The molecule has 1 amide bonds. The molecular weight excluding hydrogens is 304 g/mol. The van der Waals surface area contributed by atoms with Crippen molar-refractivity contribution in [3.05, 3.63) is 57.7 Å². The highest BCUT2D eigenvalue weighted by atomic mass is 32.1. The number of amides is 1. The van der Waals surface area contributed by atoms with Gasteiger partial charge in [-0.15, -0.1) is 11.3 Å². The summed E-state index contributed by atoms with van der Waals surface area (Å²) < 4.78 is 6.48. The van der Waals surface area contributed by atoms with E-state index in [9.17, 15) is 9.59 Å². The molecule has 0 spiro atoms. The Labute approximate surface area is 129 Å². The average molecular weight is 316 g/mol. The fraction of sp³-hybridized carbons (Fsp3) is 0.143. The summed E-state index contributed by atoms with van der Waals surface area (Å²) in [6.07, 6.45) is 1.50. The molecule has 3 aromatic rings. The Morgan fingerprint density at radius 3 is 3.00 bits per heavy atom. The third-order valence-corrected chi connectivity index (χ3v) is 3.76. The van der Waals surface area contributed by atoms with Crippen LogP contribution in [-0.4, -0.2) is 20.7 Å². The van der Waals surface area contributed by atoms with Crippen LogP contribution in [0.15, 0.2) is 45.1 Å². The number of rotatable bonds is 4. The van der Waals surface area contributed by atoms with Crippen LogP contribution in [-0.2, 0) is 13.6 Å². The van der Waals surface area contributed by atoms with Gasteiger partial charge >= 0.3 is 0 Å². The summed E-state index contributed by atoms with van der Waals surface area (Å²) in [7, 11) is 1.49. The van der Waals surface area contributed by atoms with Gasteiger partial charge in [0.05, 0.1) is 17.1 Å². The van der Waals surface area contributed by atoms with Gasteiger partial charge in [0, 0.05) is 13.1 Å². The first-order valence-electron chi connectivity index (χ1n) is 6.44. The molecule has 1 N–H and O–H groups in total. The number of hydrogen-bond acceptors (Lipinski definition) is 6. The van der Waals surface area contributed by atoms with Gasteiger partial charge in [-0.25, -0.2) is 9.67 Å². The van der Waals surface area contributed by atoms with Gasteiger partial charge in [-0.05, 0) is 17.5 Å². The Balaban J connectivity index is 1.66. The Bertz CT molecular complexity index is 851. The van der Waals surface area contributed by atoms with Gasteiger partial charge in [0.15, 0.2) is 0 Å². The molecule has 0 aliphatic rings. The molecule has 3 aromatic heterocycles. The molecule has 0 saturated heterocycles. The van der Waals surface area contributed by atoms with Gasteiger partial charge in [-0.1, -0.05) is 6.07 Å². The normalized spacial score (nSPS) is 10.6. The van der Waals surface area contributed by atoms with Crippen LogP contribution in [0.3, 0.4) is 0 Å². The summed E-state index contributed by atoms with van der Waals surface area (Å²) in [5.41, 5.74) is 0.513. The lowest BCUT2D eigenvalue weighted by molar-refractivity contribution is 0.0943. The largest absolute Gasteiger partial charge is 0.443 e. The average Bonchev–Trinajstić information content (AvgIpc) is 3.18. The van der Waals surface area contributed by atoms with Gasteiger partial charge in [-0.2, -0.15) is 5.10 Å². The van der Waals surface area contributed by atoms with Crippen molar-refractivity contribution >= 4 is 17.2 Å². The lowest BCUT2D eigenvalue weighted by Crippen LogP contribution is -2.28. The molecule has 0 radical (unpaired) electrons. The molecule has 0 atom stereocenters. The predicted octanol–water partition coefficient (Wildman–Crippen LogP) is 1.43. The summed E-state index contributed by atoms with van der Waals surface area (Å²) in [6, 6.07) is 6.51. The fourth-order valence-corrected chi connectivity index (χ4v) is 2.44. The molecule has 3 rings (SSSR count). The third kappa shape index (κ3) is 2.96. The molecule has 3 heterocycles. The molecule has 22 heavy (non-hydrogen) atoms. The first kappa shape index (κ1) is 14.2. The number of oxazole rings is 1. The second-order valence-electron chi connectivity index (χ2n) is 4.48. The highest BCUT2D eigenvalue weighted by Gasteiger charge is 2.11. The summed E-state index contributed by atoms with van der Waals surface area (Å²) in [5, 5.41) is 8.50. The smallest absolute Gasteiger partial charge is 0.272 e. The van der Waals surface area contributed by atoms with E-state index in [1.54, 1.807) is 0 Å². The van der Waals surface area contributed by atoms with E-state index >= 15 is 0 Å². The van der Waals surface area contributed by atoms with Crippen LogP contribution in [0.25, 0.3) is 10.8 Å². The lowest BCUT2D eigenvalue weighted by atomic mass is 10.3. The van der Waals surface area contributed by atoms with E-state index in [0.29, 0.717) is 11.6 Å². The van der Waals surface area contributed by atoms with Crippen molar-refractivity contribution in [2.75, 3.05) is 0 Å². The summed E-state index contributed by atoms with van der Waals surface area (Å²) >= 11 is 1.53. The van der Waals surface area contributed by atoms with E-state index in [4.69, 9.17) is 4.42 Å². The zero-order chi connectivity index (χ0) is 15.5. The monoisotopic (exact) mass is 316 g/mol. The molecule has 0 aromatic carbocycles. The number of carbonyl (C=O) groups excluding carboxylic acids is 1. The van der Waals surface area contributed by atoms with Gasteiger partial charge in [0.2, 0.25) is 5.89 Å². The predicted molar refractivity (Wildman–Crippen MR) is 80.5 cm³/mol. The highest BCUT2D eigenvalue weighted by molar-refractivity contribution is 7.13. The Morgan fingerprint density at radius 1 is 1.41 bits per heavy atom. The van der Waals surface area contributed by atoms with Crippen molar-refractivity contribution in [1.82, 2.24) is 20.1 Å². The Morgan fingerprint density at radius 2 is 2.27 bits per heavy atom. The van der Waals surface area contributed by atoms with E-state index in [-0.39, 0.29) is 23.7 Å². The Hall–Kier alpha value is -2.74.